The molecule has 3 rings (SSSR count). The van der Waals surface area contributed by atoms with Gasteiger partial charge in [-0.05, 0) is 48.7 Å². The summed E-state index contributed by atoms with van der Waals surface area (Å²) in [5.41, 5.74) is -0.378. The van der Waals surface area contributed by atoms with Crippen LogP contribution >= 0.6 is 0 Å². The van der Waals surface area contributed by atoms with E-state index in [4.69, 9.17) is 0 Å². The lowest BCUT2D eigenvalue weighted by molar-refractivity contribution is -0.126. The van der Waals surface area contributed by atoms with Crippen molar-refractivity contribution in [3.63, 3.8) is 0 Å². The second-order valence-corrected chi connectivity index (χ2v) is 6.56. The maximum absolute atomic E-state index is 14.3. The number of rotatable bonds is 5. The molecule has 4 nitrogen and oxygen atoms in total. The predicted octanol–water partition coefficient (Wildman–Crippen LogP) is 3.26. The van der Waals surface area contributed by atoms with Gasteiger partial charge in [0.15, 0.2) is 0 Å². The Labute approximate surface area is 144 Å². The van der Waals surface area contributed by atoms with E-state index in [9.17, 15) is 18.7 Å². The SMILES string of the molecule is O=C(CC1(O)CCCC1)N[C@@H](c1ccncc1)c1cc(F)ccc1F. The number of nitrogens with zero attached hydrogens (tertiary/aromatic N) is 1. The minimum Gasteiger partial charge on any atom is -0.389 e. The number of carbonyl (C=O) groups is 1. The summed E-state index contributed by atoms with van der Waals surface area (Å²) < 4.78 is 27.9. The Morgan fingerprint density at radius 1 is 1.20 bits per heavy atom. The second kappa shape index (κ2) is 7.27. The van der Waals surface area contributed by atoms with Gasteiger partial charge in [-0.2, -0.15) is 0 Å². The van der Waals surface area contributed by atoms with Gasteiger partial charge >= 0.3 is 0 Å². The summed E-state index contributed by atoms with van der Waals surface area (Å²) in [7, 11) is 0. The number of halogens is 2. The largest absolute Gasteiger partial charge is 0.389 e. The molecule has 0 saturated heterocycles. The summed E-state index contributed by atoms with van der Waals surface area (Å²) >= 11 is 0. The molecule has 0 spiro atoms. The van der Waals surface area contributed by atoms with E-state index in [1.165, 1.54) is 12.4 Å². The Bertz CT molecular complexity index is 746. The summed E-state index contributed by atoms with van der Waals surface area (Å²) in [6.45, 7) is 0. The van der Waals surface area contributed by atoms with Gasteiger partial charge in [-0.15, -0.1) is 0 Å². The first kappa shape index (κ1) is 17.5. The molecule has 1 amide bonds. The zero-order chi connectivity index (χ0) is 17.9. The average Bonchev–Trinajstić information content (AvgIpc) is 3.02. The Morgan fingerprint density at radius 3 is 2.56 bits per heavy atom. The number of benzene rings is 1. The summed E-state index contributed by atoms with van der Waals surface area (Å²) in [5.74, 6) is -1.59. The molecule has 1 aliphatic rings. The molecular weight excluding hydrogens is 326 g/mol. The zero-order valence-corrected chi connectivity index (χ0v) is 13.7. The Balaban J connectivity index is 1.87. The summed E-state index contributed by atoms with van der Waals surface area (Å²) in [4.78, 5) is 16.4. The molecule has 1 heterocycles. The standard InChI is InChI=1S/C19H20F2N2O2/c20-14-3-4-16(21)15(11-14)18(13-5-9-22-10-6-13)23-17(24)12-19(25)7-1-2-8-19/h3-6,9-11,18,25H,1-2,7-8,12H2,(H,23,24)/t18-/m0/s1. The predicted molar refractivity (Wildman–Crippen MR) is 88.6 cm³/mol. The molecule has 1 fully saturated rings. The smallest absolute Gasteiger partial charge is 0.223 e. The molecule has 1 aliphatic carbocycles. The average molecular weight is 346 g/mol. The highest BCUT2D eigenvalue weighted by Gasteiger charge is 2.34. The van der Waals surface area contributed by atoms with Crippen LogP contribution in [0.5, 0.6) is 0 Å². The lowest BCUT2D eigenvalue weighted by atomic mass is 9.95. The van der Waals surface area contributed by atoms with E-state index in [0.29, 0.717) is 18.4 Å². The number of hydrogen-bond donors (Lipinski definition) is 2. The van der Waals surface area contributed by atoms with Crippen LogP contribution in [0.3, 0.4) is 0 Å². The Morgan fingerprint density at radius 2 is 1.88 bits per heavy atom. The third-order valence-electron chi connectivity index (χ3n) is 4.64. The monoisotopic (exact) mass is 346 g/mol. The van der Waals surface area contributed by atoms with Crippen molar-refractivity contribution in [1.82, 2.24) is 10.3 Å². The maximum Gasteiger partial charge on any atom is 0.223 e. The van der Waals surface area contributed by atoms with Gasteiger partial charge in [-0.3, -0.25) is 9.78 Å². The molecule has 2 N–H and O–H groups in total. The maximum atomic E-state index is 14.3. The van der Waals surface area contributed by atoms with Crippen LogP contribution in [0, 0.1) is 11.6 Å². The van der Waals surface area contributed by atoms with Crippen molar-refractivity contribution >= 4 is 5.91 Å². The highest BCUT2D eigenvalue weighted by molar-refractivity contribution is 5.78. The van der Waals surface area contributed by atoms with Gasteiger partial charge in [0.05, 0.1) is 18.1 Å². The van der Waals surface area contributed by atoms with E-state index in [1.54, 1.807) is 12.1 Å². The molecule has 0 bridgehead atoms. The fourth-order valence-electron chi connectivity index (χ4n) is 3.35. The van der Waals surface area contributed by atoms with Gasteiger partial charge in [0, 0.05) is 18.0 Å². The van der Waals surface area contributed by atoms with Crippen LogP contribution in [-0.2, 0) is 4.79 Å². The second-order valence-electron chi connectivity index (χ2n) is 6.56. The molecule has 2 aromatic rings. The van der Waals surface area contributed by atoms with Crippen molar-refractivity contribution in [2.75, 3.05) is 0 Å². The van der Waals surface area contributed by atoms with Gasteiger partial charge in [-0.25, -0.2) is 8.78 Å². The summed E-state index contributed by atoms with van der Waals surface area (Å²) in [6, 6.07) is 5.57. The van der Waals surface area contributed by atoms with Crippen molar-refractivity contribution in [2.24, 2.45) is 0 Å². The number of aliphatic hydroxyl groups is 1. The van der Waals surface area contributed by atoms with Crippen LogP contribution in [0.15, 0.2) is 42.7 Å². The van der Waals surface area contributed by atoms with Gasteiger partial charge in [-0.1, -0.05) is 12.8 Å². The zero-order valence-electron chi connectivity index (χ0n) is 13.7. The number of amides is 1. The highest BCUT2D eigenvalue weighted by Crippen LogP contribution is 2.33. The first-order valence-corrected chi connectivity index (χ1v) is 8.33. The van der Waals surface area contributed by atoms with Crippen LogP contribution in [-0.4, -0.2) is 21.6 Å². The normalized spacial score (nSPS) is 17.2. The van der Waals surface area contributed by atoms with Crippen molar-refractivity contribution in [3.05, 3.63) is 65.5 Å². The van der Waals surface area contributed by atoms with E-state index < -0.39 is 29.2 Å². The van der Waals surface area contributed by atoms with Crippen molar-refractivity contribution < 1.29 is 18.7 Å². The lowest BCUT2D eigenvalue weighted by Crippen LogP contribution is -2.37. The van der Waals surface area contributed by atoms with E-state index >= 15 is 0 Å². The van der Waals surface area contributed by atoms with Gasteiger partial charge in [0.2, 0.25) is 5.91 Å². The topological polar surface area (TPSA) is 62.2 Å². The molecule has 1 aromatic heterocycles. The molecule has 6 heteroatoms. The Hall–Kier alpha value is -2.34. The lowest BCUT2D eigenvalue weighted by Gasteiger charge is -2.25. The number of hydrogen-bond acceptors (Lipinski definition) is 3. The third kappa shape index (κ3) is 4.20. The third-order valence-corrected chi connectivity index (χ3v) is 4.64. The number of pyridine rings is 1. The highest BCUT2D eigenvalue weighted by atomic mass is 19.1. The van der Waals surface area contributed by atoms with Crippen LogP contribution in [0.25, 0.3) is 0 Å². The number of nitrogens with one attached hydrogen (secondary N) is 1. The molecule has 1 atom stereocenters. The minimum atomic E-state index is -1.01. The fourth-order valence-corrected chi connectivity index (χ4v) is 3.35. The first-order chi connectivity index (χ1) is 12.0. The summed E-state index contributed by atoms with van der Waals surface area (Å²) in [5, 5.41) is 13.1. The molecule has 0 radical (unpaired) electrons. The molecular formula is C19H20F2N2O2. The number of carbonyl (C=O) groups excluding carboxylic acids is 1. The number of aromatic nitrogens is 1. The van der Waals surface area contributed by atoms with E-state index in [2.05, 4.69) is 10.3 Å². The van der Waals surface area contributed by atoms with Crippen LogP contribution in [0.2, 0.25) is 0 Å². The van der Waals surface area contributed by atoms with E-state index in [-0.39, 0.29) is 12.0 Å². The molecule has 1 aromatic carbocycles. The van der Waals surface area contributed by atoms with Gasteiger partial charge in [0.1, 0.15) is 11.6 Å². The van der Waals surface area contributed by atoms with Crippen molar-refractivity contribution in [3.8, 4) is 0 Å². The Kier molecular flexibility index (Phi) is 5.08. The summed E-state index contributed by atoms with van der Waals surface area (Å²) in [6.07, 6.45) is 5.92. The molecule has 25 heavy (non-hydrogen) atoms. The van der Waals surface area contributed by atoms with Gasteiger partial charge in [0.25, 0.3) is 0 Å². The first-order valence-electron chi connectivity index (χ1n) is 8.33. The molecule has 0 unspecified atom stereocenters. The van der Waals surface area contributed by atoms with Crippen LogP contribution in [0.1, 0.15) is 49.3 Å². The minimum absolute atomic E-state index is 0.0398. The van der Waals surface area contributed by atoms with Crippen LogP contribution in [0.4, 0.5) is 8.78 Å². The fraction of sp³-hybridized carbons (Fsp3) is 0.368. The van der Waals surface area contributed by atoms with Crippen LogP contribution < -0.4 is 5.32 Å². The van der Waals surface area contributed by atoms with Gasteiger partial charge < -0.3 is 10.4 Å². The van der Waals surface area contributed by atoms with E-state index in [0.717, 1.165) is 31.0 Å². The van der Waals surface area contributed by atoms with Crippen molar-refractivity contribution in [1.29, 1.82) is 0 Å². The molecule has 132 valence electrons. The molecule has 0 aliphatic heterocycles. The van der Waals surface area contributed by atoms with Crippen molar-refractivity contribution in [2.45, 2.75) is 43.7 Å². The van der Waals surface area contributed by atoms with E-state index in [1.807, 2.05) is 0 Å². The molecule has 1 saturated carbocycles. The quantitative estimate of drug-likeness (QED) is 0.873.